The van der Waals surface area contributed by atoms with Crippen LogP contribution >= 0.6 is 0 Å². The largest absolute Gasteiger partial charge is 0.478 e. The van der Waals surface area contributed by atoms with E-state index in [1.165, 1.54) is 18.3 Å². The van der Waals surface area contributed by atoms with Crippen LogP contribution in [0.3, 0.4) is 0 Å². The molecule has 0 atom stereocenters. The number of pyridine rings is 1. The Morgan fingerprint density at radius 1 is 1.27 bits per heavy atom. The monoisotopic (exact) mass is 364 g/mol. The van der Waals surface area contributed by atoms with Crippen LogP contribution in [0.5, 0.6) is 5.88 Å². The minimum Gasteiger partial charge on any atom is -0.478 e. The Morgan fingerprint density at radius 3 is 2.58 bits per heavy atom. The van der Waals surface area contributed by atoms with Gasteiger partial charge in [0.1, 0.15) is 11.1 Å². The fourth-order valence-electron chi connectivity index (χ4n) is 2.60. The maximum absolute atomic E-state index is 12.5. The summed E-state index contributed by atoms with van der Waals surface area (Å²) in [5.41, 5.74) is 1.77. The number of nitrogens with zero attached hydrogens (tertiary/aromatic N) is 1. The van der Waals surface area contributed by atoms with Crippen LogP contribution in [0.4, 0.5) is 13.2 Å². The van der Waals surface area contributed by atoms with Crippen molar-refractivity contribution >= 4 is 17.0 Å². The molecular formula is C18H15F3N2O3. The molecule has 0 unspecified atom stereocenters. The summed E-state index contributed by atoms with van der Waals surface area (Å²) in [6.07, 6.45) is -2.58. The fourth-order valence-corrected chi connectivity index (χ4v) is 2.60. The van der Waals surface area contributed by atoms with Crippen molar-refractivity contribution < 1.29 is 27.8 Å². The average Bonchev–Trinajstić information content (AvgIpc) is 2.99. The molecule has 136 valence electrons. The lowest BCUT2D eigenvalue weighted by Gasteiger charge is -2.09. The van der Waals surface area contributed by atoms with Gasteiger partial charge in [-0.15, -0.1) is 0 Å². The van der Waals surface area contributed by atoms with Gasteiger partial charge in [0.15, 0.2) is 0 Å². The number of halogens is 3. The minimum atomic E-state index is -4.36. The number of aryl methyl sites for hydroxylation is 1. The molecule has 0 aliphatic rings. The van der Waals surface area contributed by atoms with Crippen LogP contribution in [0.15, 0.2) is 36.5 Å². The summed E-state index contributed by atoms with van der Waals surface area (Å²) in [7, 11) is 0. The zero-order valence-electron chi connectivity index (χ0n) is 13.7. The molecule has 3 rings (SSSR count). The van der Waals surface area contributed by atoms with Gasteiger partial charge in [0.25, 0.3) is 0 Å². The summed E-state index contributed by atoms with van der Waals surface area (Å²) in [5.74, 6) is -0.825. The highest BCUT2D eigenvalue weighted by atomic mass is 19.4. The molecule has 0 aliphatic carbocycles. The first-order valence-corrected chi connectivity index (χ1v) is 7.76. The Labute approximate surface area is 146 Å². The molecule has 8 heteroatoms. The van der Waals surface area contributed by atoms with Gasteiger partial charge in [-0.2, -0.15) is 13.2 Å². The highest BCUT2D eigenvalue weighted by Gasteiger charge is 2.29. The normalized spacial score (nSPS) is 11.7. The van der Waals surface area contributed by atoms with Crippen molar-refractivity contribution in [2.75, 3.05) is 6.61 Å². The summed E-state index contributed by atoms with van der Waals surface area (Å²) < 4.78 is 43.2. The number of aromatic carboxylic acids is 1. The number of aromatic amines is 1. The van der Waals surface area contributed by atoms with Gasteiger partial charge in [-0.25, -0.2) is 9.78 Å². The molecule has 5 nitrogen and oxygen atoms in total. The predicted octanol–water partition coefficient (Wildman–Crippen LogP) is 4.21. The van der Waals surface area contributed by atoms with Crippen LogP contribution in [-0.4, -0.2) is 27.7 Å². The molecule has 26 heavy (non-hydrogen) atoms. The minimum absolute atomic E-state index is 0.0521. The van der Waals surface area contributed by atoms with Crippen LogP contribution in [-0.2, 0) is 12.6 Å². The van der Waals surface area contributed by atoms with E-state index in [1.54, 1.807) is 13.0 Å². The lowest BCUT2D eigenvalue weighted by Crippen LogP contribution is -2.06. The Bertz CT molecular complexity index is 947. The van der Waals surface area contributed by atoms with E-state index in [-0.39, 0.29) is 18.1 Å². The fraction of sp³-hybridized carbons (Fsp3) is 0.222. The molecule has 2 N–H and O–H groups in total. The van der Waals surface area contributed by atoms with Gasteiger partial charge < -0.3 is 14.8 Å². The van der Waals surface area contributed by atoms with E-state index in [9.17, 15) is 23.1 Å². The summed E-state index contributed by atoms with van der Waals surface area (Å²) in [5, 5.41) is 9.18. The number of nitrogens with one attached hydrogen (secondary N) is 1. The van der Waals surface area contributed by atoms with E-state index in [4.69, 9.17) is 4.74 Å². The van der Waals surface area contributed by atoms with E-state index < -0.39 is 17.7 Å². The smallest absolute Gasteiger partial charge is 0.416 e. The number of carbonyl (C=O) groups is 1. The zero-order chi connectivity index (χ0) is 18.9. The van der Waals surface area contributed by atoms with Crippen LogP contribution in [0, 0.1) is 6.92 Å². The van der Waals surface area contributed by atoms with Crippen LogP contribution in [0.25, 0.3) is 11.0 Å². The number of aromatic nitrogens is 2. The molecule has 0 fully saturated rings. The predicted molar refractivity (Wildman–Crippen MR) is 88.4 cm³/mol. The molecule has 2 aromatic heterocycles. The van der Waals surface area contributed by atoms with Crippen molar-refractivity contribution in [2.24, 2.45) is 0 Å². The number of benzene rings is 1. The van der Waals surface area contributed by atoms with E-state index in [0.29, 0.717) is 23.0 Å². The maximum atomic E-state index is 12.5. The van der Waals surface area contributed by atoms with Crippen LogP contribution in [0.1, 0.15) is 27.0 Å². The molecule has 0 spiro atoms. The number of ether oxygens (including phenoxy) is 1. The second kappa shape index (κ2) is 6.70. The second-order valence-corrected chi connectivity index (χ2v) is 5.80. The topological polar surface area (TPSA) is 75.2 Å². The Hall–Kier alpha value is -3.03. The molecule has 2 heterocycles. The molecule has 0 bridgehead atoms. The van der Waals surface area contributed by atoms with Gasteiger partial charge >= 0.3 is 12.1 Å². The van der Waals surface area contributed by atoms with Crippen molar-refractivity contribution in [1.82, 2.24) is 9.97 Å². The third kappa shape index (κ3) is 3.63. The molecule has 0 saturated heterocycles. The van der Waals surface area contributed by atoms with Crippen molar-refractivity contribution in [2.45, 2.75) is 19.5 Å². The van der Waals surface area contributed by atoms with Gasteiger partial charge in [0.2, 0.25) is 5.88 Å². The van der Waals surface area contributed by atoms with E-state index in [0.717, 1.165) is 17.7 Å². The first kappa shape index (κ1) is 17.8. The van der Waals surface area contributed by atoms with Gasteiger partial charge in [-0.05, 0) is 30.2 Å². The highest BCUT2D eigenvalue weighted by Crippen LogP contribution is 2.29. The van der Waals surface area contributed by atoms with Gasteiger partial charge in [-0.3, -0.25) is 0 Å². The summed E-state index contributed by atoms with van der Waals surface area (Å²) in [6.45, 7) is 2.00. The molecule has 0 aliphatic heterocycles. The molecule has 0 radical (unpaired) electrons. The first-order chi connectivity index (χ1) is 12.3. The quantitative estimate of drug-likeness (QED) is 0.711. The third-order valence-corrected chi connectivity index (χ3v) is 3.96. The first-order valence-electron chi connectivity index (χ1n) is 7.76. The van der Waals surface area contributed by atoms with Gasteiger partial charge in [-0.1, -0.05) is 12.1 Å². The highest BCUT2D eigenvalue weighted by molar-refractivity contribution is 6.02. The van der Waals surface area contributed by atoms with Crippen molar-refractivity contribution in [3.63, 3.8) is 0 Å². The van der Waals surface area contributed by atoms with Crippen LogP contribution in [0.2, 0.25) is 0 Å². The molecular weight excluding hydrogens is 349 g/mol. The van der Waals surface area contributed by atoms with E-state index >= 15 is 0 Å². The summed E-state index contributed by atoms with van der Waals surface area (Å²) in [4.78, 5) is 18.3. The van der Waals surface area contributed by atoms with Gasteiger partial charge in [0.05, 0.1) is 17.7 Å². The molecule has 0 saturated carbocycles. The zero-order valence-corrected chi connectivity index (χ0v) is 13.7. The maximum Gasteiger partial charge on any atom is 0.416 e. The number of hydrogen-bond donors (Lipinski definition) is 2. The van der Waals surface area contributed by atoms with E-state index in [1.807, 2.05) is 0 Å². The van der Waals surface area contributed by atoms with Crippen molar-refractivity contribution in [3.05, 3.63) is 58.8 Å². The SMILES string of the molecule is Cc1cc(OCCc2ccc(C(F)(F)F)cc2)nc2c(C(=O)O)c[nH]c12. The van der Waals surface area contributed by atoms with Crippen molar-refractivity contribution in [3.8, 4) is 5.88 Å². The second-order valence-electron chi connectivity index (χ2n) is 5.80. The third-order valence-electron chi connectivity index (χ3n) is 3.96. The number of carboxylic acid groups (broad SMARTS) is 1. The number of hydrogen-bond acceptors (Lipinski definition) is 3. The number of carboxylic acids is 1. The average molecular weight is 364 g/mol. The molecule has 0 amide bonds. The van der Waals surface area contributed by atoms with Crippen molar-refractivity contribution in [1.29, 1.82) is 0 Å². The molecule has 1 aromatic carbocycles. The number of rotatable bonds is 5. The Balaban J connectivity index is 1.70. The lowest BCUT2D eigenvalue weighted by atomic mass is 10.1. The Kier molecular flexibility index (Phi) is 4.58. The number of alkyl halides is 3. The Morgan fingerprint density at radius 2 is 1.96 bits per heavy atom. The number of H-pyrrole nitrogens is 1. The van der Waals surface area contributed by atoms with Crippen LogP contribution < -0.4 is 4.74 Å². The standard InChI is InChI=1S/C18H15F3N2O3/c1-10-8-14(23-16-13(17(24)25)9-22-15(10)16)26-7-6-11-2-4-12(5-3-11)18(19,20)21/h2-5,8-9,22H,6-7H2,1H3,(H,24,25). The molecule has 3 aromatic rings. The summed E-state index contributed by atoms with van der Waals surface area (Å²) in [6, 6.07) is 6.55. The van der Waals surface area contributed by atoms with Gasteiger partial charge in [0, 0.05) is 18.7 Å². The lowest BCUT2D eigenvalue weighted by molar-refractivity contribution is -0.137. The van der Waals surface area contributed by atoms with E-state index in [2.05, 4.69) is 9.97 Å². The summed E-state index contributed by atoms with van der Waals surface area (Å²) >= 11 is 0. The number of fused-ring (bicyclic) bond motifs is 1.